The van der Waals surface area contributed by atoms with Crippen LogP contribution in [0.4, 0.5) is 4.39 Å². The van der Waals surface area contributed by atoms with Gasteiger partial charge in [0.05, 0.1) is 5.69 Å². The molecule has 0 N–H and O–H groups in total. The van der Waals surface area contributed by atoms with Gasteiger partial charge >= 0.3 is 0 Å². The lowest BCUT2D eigenvalue weighted by Gasteiger charge is -2.18. The Balaban J connectivity index is 2.94. The Morgan fingerprint density at radius 3 is 2.56 bits per heavy atom. The van der Waals surface area contributed by atoms with E-state index in [0.29, 0.717) is 11.4 Å². The second-order valence-electron chi connectivity index (χ2n) is 4.38. The van der Waals surface area contributed by atoms with E-state index < -0.39 is 22.1 Å². The van der Waals surface area contributed by atoms with Crippen molar-refractivity contribution in [2.75, 3.05) is 0 Å². The Kier molecular flexibility index (Phi) is 4.04. The summed E-state index contributed by atoms with van der Waals surface area (Å²) in [4.78, 5) is 3.68. The van der Waals surface area contributed by atoms with Gasteiger partial charge in [0, 0.05) is 0 Å². The number of hydrogen-bond donors (Lipinski definition) is 0. The number of aromatic nitrogens is 1. The van der Waals surface area contributed by atoms with Crippen molar-refractivity contribution in [1.29, 1.82) is 0 Å². The van der Waals surface area contributed by atoms with E-state index in [9.17, 15) is 8.94 Å². The number of rotatable bonds is 2. The van der Waals surface area contributed by atoms with Gasteiger partial charge < -0.3 is 4.55 Å². The van der Waals surface area contributed by atoms with Crippen LogP contribution >= 0.6 is 0 Å². The third-order valence-electron chi connectivity index (χ3n) is 1.83. The van der Waals surface area contributed by atoms with Crippen LogP contribution in [0.3, 0.4) is 0 Å². The van der Waals surface area contributed by atoms with Crippen LogP contribution in [0.25, 0.3) is 0 Å². The van der Waals surface area contributed by atoms with Gasteiger partial charge in [-0.05, 0) is 39.8 Å². The quantitative estimate of drug-likeness (QED) is 0.454. The van der Waals surface area contributed by atoms with E-state index >= 15 is 0 Å². The van der Waals surface area contributed by atoms with E-state index in [1.165, 1.54) is 6.07 Å². The fourth-order valence-electron chi connectivity index (χ4n) is 0.918. The molecule has 1 heterocycles. The normalized spacial score (nSPS) is 15.0. The maximum atomic E-state index is 12.9. The fourth-order valence-corrected chi connectivity index (χ4v) is 1.53. The van der Waals surface area contributed by atoms with Crippen molar-refractivity contribution in [3.63, 3.8) is 0 Å². The lowest BCUT2D eigenvalue weighted by molar-refractivity contribution is 0.561. The Labute approximate surface area is 98.1 Å². The summed E-state index contributed by atoms with van der Waals surface area (Å²) in [5.74, 6) is -0.561. The van der Waals surface area contributed by atoms with Crippen LogP contribution in [0.1, 0.15) is 33.4 Å². The zero-order chi connectivity index (χ0) is 12.3. The van der Waals surface area contributed by atoms with Crippen molar-refractivity contribution >= 4 is 17.1 Å². The van der Waals surface area contributed by atoms with E-state index in [2.05, 4.69) is 9.38 Å². The third-order valence-corrected chi connectivity index (χ3v) is 3.32. The second-order valence-corrected chi connectivity index (χ2v) is 6.29. The van der Waals surface area contributed by atoms with Crippen LogP contribution in [-0.2, 0) is 11.4 Å². The molecule has 5 heteroatoms. The SMILES string of the molecule is CC(=N[S+]([O-])C(C)(C)C)c1cccc(F)n1. The average Bonchev–Trinajstić information content (AvgIpc) is 2.16. The smallest absolute Gasteiger partial charge is 0.213 e. The second kappa shape index (κ2) is 4.93. The van der Waals surface area contributed by atoms with Crippen molar-refractivity contribution in [2.45, 2.75) is 32.4 Å². The number of hydrogen-bond acceptors (Lipinski definition) is 3. The van der Waals surface area contributed by atoms with Crippen molar-refractivity contribution < 1.29 is 8.94 Å². The molecule has 0 aromatic carbocycles. The van der Waals surface area contributed by atoms with Crippen molar-refractivity contribution in [1.82, 2.24) is 4.98 Å². The van der Waals surface area contributed by atoms with Gasteiger partial charge in [-0.1, -0.05) is 10.5 Å². The molecule has 0 aliphatic heterocycles. The first kappa shape index (κ1) is 13.1. The van der Waals surface area contributed by atoms with Gasteiger partial charge in [-0.25, -0.2) is 4.98 Å². The van der Waals surface area contributed by atoms with Crippen LogP contribution < -0.4 is 0 Å². The van der Waals surface area contributed by atoms with Crippen LogP contribution in [0.5, 0.6) is 0 Å². The summed E-state index contributed by atoms with van der Waals surface area (Å²) in [6.45, 7) is 7.17. The maximum Gasteiger partial charge on any atom is 0.213 e. The fraction of sp³-hybridized carbons (Fsp3) is 0.455. The molecule has 0 fully saturated rings. The Morgan fingerprint density at radius 1 is 1.44 bits per heavy atom. The first-order valence-corrected chi connectivity index (χ1v) is 6.01. The minimum Gasteiger partial charge on any atom is -0.591 e. The van der Waals surface area contributed by atoms with E-state index in [1.54, 1.807) is 19.1 Å². The molecule has 0 saturated heterocycles. The molecule has 0 aliphatic carbocycles. The summed E-state index contributed by atoms with van der Waals surface area (Å²) < 4.78 is 28.2. The average molecular weight is 242 g/mol. The molecule has 0 saturated carbocycles. The molecule has 16 heavy (non-hydrogen) atoms. The Morgan fingerprint density at radius 2 is 2.06 bits per heavy atom. The molecule has 0 aliphatic rings. The van der Waals surface area contributed by atoms with Gasteiger partial charge in [-0.2, -0.15) is 4.39 Å². The van der Waals surface area contributed by atoms with Gasteiger partial charge in [0.15, 0.2) is 0 Å². The molecule has 1 atom stereocenters. The summed E-state index contributed by atoms with van der Waals surface area (Å²) in [7, 11) is 0. The lowest BCUT2D eigenvalue weighted by atomic mass is 10.3. The summed E-state index contributed by atoms with van der Waals surface area (Å²) in [6.07, 6.45) is 0. The summed E-state index contributed by atoms with van der Waals surface area (Å²) >= 11 is -1.35. The Hall–Kier alpha value is -0.940. The van der Waals surface area contributed by atoms with Crippen LogP contribution in [-0.4, -0.2) is 20.0 Å². The molecule has 88 valence electrons. The highest BCUT2D eigenvalue weighted by atomic mass is 32.2. The Bertz CT molecular complexity index is 401. The molecule has 3 nitrogen and oxygen atoms in total. The highest BCUT2D eigenvalue weighted by molar-refractivity contribution is 7.91. The summed E-state index contributed by atoms with van der Waals surface area (Å²) in [5.41, 5.74) is 0.894. The van der Waals surface area contributed by atoms with Gasteiger partial charge in [0.2, 0.25) is 5.95 Å². The van der Waals surface area contributed by atoms with E-state index in [1.807, 2.05) is 20.8 Å². The predicted octanol–water partition coefficient (Wildman–Crippen LogP) is 2.49. The number of pyridine rings is 1. The van der Waals surface area contributed by atoms with Crippen molar-refractivity contribution in [3.05, 3.63) is 29.8 Å². The molecule has 0 radical (unpaired) electrons. The molecular formula is C11H15FN2OS. The standard InChI is InChI=1S/C11H15FN2OS/c1-8(14-16(15)11(2,3)4)9-6-5-7-10(12)13-9/h5-7H,1-4H3. The zero-order valence-corrected chi connectivity index (χ0v) is 10.6. The molecule has 1 rings (SSSR count). The number of halogens is 1. The highest BCUT2D eigenvalue weighted by Gasteiger charge is 2.26. The first-order valence-electron chi connectivity index (χ1n) is 4.91. The molecular weight excluding hydrogens is 227 g/mol. The van der Waals surface area contributed by atoms with Crippen LogP contribution in [0, 0.1) is 5.95 Å². The van der Waals surface area contributed by atoms with Crippen LogP contribution in [0.15, 0.2) is 22.6 Å². The van der Waals surface area contributed by atoms with E-state index in [4.69, 9.17) is 0 Å². The van der Waals surface area contributed by atoms with Gasteiger partial charge in [-0.15, -0.1) is 0 Å². The minimum atomic E-state index is -1.35. The van der Waals surface area contributed by atoms with E-state index in [-0.39, 0.29) is 0 Å². The largest absolute Gasteiger partial charge is 0.591 e. The molecule has 0 spiro atoms. The van der Waals surface area contributed by atoms with Crippen molar-refractivity contribution in [3.8, 4) is 0 Å². The summed E-state index contributed by atoms with van der Waals surface area (Å²) in [6, 6.07) is 4.45. The summed E-state index contributed by atoms with van der Waals surface area (Å²) in [5, 5.41) is 0. The molecule has 0 bridgehead atoms. The molecule has 1 unspecified atom stereocenters. The maximum absolute atomic E-state index is 12.9. The zero-order valence-electron chi connectivity index (χ0n) is 9.82. The number of nitrogens with zero attached hydrogens (tertiary/aromatic N) is 2. The first-order chi connectivity index (χ1) is 7.30. The van der Waals surface area contributed by atoms with Gasteiger partial charge in [0.25, 0.3) is 0 Å². The highest BCUT2D eigenvalue weighted by Crippen LogP contribution is 2.18. The predicted molar refractivity (Wildman–Crippen MR) is 64.3 cm³/mol. The van der Waals surface area contributed by atoms with Crippen LogP contribution in [0.2, 0.25) is 0 Å². The van der Waals surface area contributed by atoms with Crippen molar-refractivity contribution in [2.24, 2.45) is 4.40 Å². The van der Waals surface area contributed by atoms with E-state index in [0.717, 1.165) is 0 Å². The minimum absolute atomic E-state index is 0.414. The molecule has 1 aromatic heterocycles. The van der Waals surface area contributed by atoms with Gasteiger partial charge in [0.1, 0.15) is 21.8 Å². The lowest BCUT2D eigenvalue weighted by Crippen LogP contribution is -2.26. The molecule has 1 aromatic rings. The monoisotopic (exact) mass is 242 g/mol. The molecule has 0 amide bonds. The topological polar surface area (TPSA) is 48.3 Å². The third kappa shape index (κ3) is 3.57. The van der Waals surface area contributed by atoms with Gasteiger partial charge in [-0.3, -0.25) is 0 Å².